The summed E-state index contributed by atoms with van der Waals surface area (Å²) in [5.74, 6) is 0.0401. The summed E-state index contributed by atoms with van der Waals surface area (Å²) >= 11 is 0. The van der Waals surface area contributed by atoms with Crippen LogP contribution >= 0.6 is 0 Å². The molecule has 0 bridgehead atoms. The normalized spacial score (nSPS) is 11.9. The van der Waals surface area contributed by atoms with Gasteiger partial charge in [0.05, 0.1) is 16.5 Å². The molecule has 2 aromatic heterocycles. The van der Waals surface area contributed by atoms with Crippen molar-refractivity contribution < 1.29 is 17.7 Å². The number of alkyl halides is 3. The van der Waals surface area contributed by atoms with Gasteiger partial charge in [0.15, 0.2) is 0 Å². The van der Waals surface area contributed by atoms with Crippen molar-refractivity contribution in [3.8, 4) is 22.8 Å². The Kier molecular flexibility index (Phi) is 5.68. The molecule has 0 spiro atoms. The second-order valence-corrected chi connectivity index (χ2v) is 7.36. The van der Waals surface area contributed by atoms with E-state index in [0.717, 1.165) is 31.4 Å². The summed E-state index contributed by atoms with van der Waals surface area (Å²) in [4.78, 5) is 31.9. The van der Waals surface area contributed by atoms with Crippen molar-refractivity contribution >= 4 is 10.9 Å². The molecule has 0 saturated carbocycles. The molecule has 2 aromatic carbocycles. The summed E-state index contributed by atoms with van der Waals surface area (Å²) in [6.45, 7) is 2.37. The van der Waals surface area contributed by atoms with Crippen LogP contribution in [0.2, 0.25) is 0 Å². The van der Waals surface area contributed by atoms with Crippen LogP contribution in [-0.2, 0) is 12.7 Å². The van der Waals surface area contributed by atoms with E-state index >= 15 is 0 Å². The highest BCUT2D eigenvalue weighted by Crippen LogP contribution is 2.32. The molecule has 32 heavy (non-hydrogen) atoms. The standard InChI is InChI=1S/C22H19F3N4O3/c1-2-3-4-10-29-20(30)16-9-8-14(12-17(16)26-21(29)31)19-27-18(28-32-19)13-6-5-7-15(11-13)22(23,24)25/h5-9,11-12H,2-4,10H2,1H3,(H,26,31). The number of hydrogen-bond acceptors (Lipinski definition) is 5. The molecule has 2 heterocycles. The third-order valence-electron chi connectivity index (χ3n) is 5.09. The van der Waals surface area contributed by atoms with Gasteiger partial charge in [-0.1, -0.05) is 37.1 Å². The highest BCUT2D eigenvalue weighted by molar-refractivity contribution is 5.82. The molecule has 166 valence electrons. The number of benzene rings is 2. The summed E-state index contributed by atoms with van der Waals surface area (Å²) < 4.78 is 45.3. The molecule has 0 fully saturated rings. The Hall–Kier alpha value is -3.69. The van der Waals surface area contributed by atoms with E-state index in [0.29, 0.717) is 23.0 Å². The molecule has 1 N–H and O–H groups in total. The smallest absolute Gasteiger partial charge is 0.334 e. The van der Waals surface area contributed by atoms with E-state index in [1.807, 2.05) is 6.92 Å². The van der Waals surface area contributed by atoms with E-state index in [-0.39, 0.29) is 22.8 Å². The van der Waals surface area contributed by atoms with Gasteiger partial charge in [-0.2, -0.15) is 18.2 Å². The molecule has 0 atom stereocenters. The Morgan fingerprint density at radius 2 is 1.88 bits per heavy atom. The molecule has 7 nitrogen and oxygen atoms in total. The van der Waals surface area contributed by atoms with Gasteiger partial charge in [0.2, 0.25) is 5.82 Å². The van der Waals surface area contributed by atoms with E-state index in [2.05, 4.69) is 15.1 Å². The summed E-state index contributed by atoms with van der Waals surface area (Å²) in [7, 11) is 0. The van der Waals surface area contributed by atoms with Crippen LogP contribution in [0.25, 0.3) is 33.7 Å². The van der Waals surface area contributed by atoms with Crippen LogP contribution in [0.5, 0.6) is 0 Å². The van der Waals surface area contributed by atoms with Crippen molar-refractivity contribution in [3.63, 3.8) is 0 Å². The van der Waals surface area contributed by atoms with Crippen LogP contribution in [0, 0.1) is 0 Å². The average Bonchev–Trinajstić information content (AvgIpc) is 3.25. The molecule has 0 saturated heterocycles. The third kappa shape index (κ3) is 4.20. The highest BCUT2D eigenvalue weighted by Gasteiger charge is 2.30. The fourth-order valence-electron chi connectivity index (χ4n) is 3.40. The number of rotatable bonds is 6. The molecule has 0 aliphatic heterocycles. The minimum Gasteiger partial charge on any atom is -0.334 e. The minimum atomic E-state index is -4.49. The van der Waals surface area contributed by atoms with Crippen molar-refractivity contribution in [2.75, 3.05) is 0 Å². The number of aromatic amines is 1. The zero-order valence-electron chi connectivity index (χ0n) is 17.1. The number of fused-ring (bicyclic) bond motifs is 1. The number of nitrogens with zero attached hydrogens (tertiary/aromatic N) is 3. The first-order valence-corrected chi connectivity index (χ1v) is 10.1. The Morgan fingerprint density at radius 3 is 2.62 bits per heavy atom. The second kappa shape index (κ2) is 8.45. The first-order valence-electron chi connectivity index (χ1n) is 10.1. The van der Waals surface area contributed by atoms with E-state index in [9.17, 15) is 22.8 Å². The van der Waals surface area contributed by atoms with Crippen LogP contribution in [0.3, 0.4) is 0 Å². The number of H-pyrrole nitrogens is 1. The van der Waals surface area contributed by atoms with Gasteiger partial charge in [0, 0.05) is 17.7 Å². The Balaban J connectivity index is 1.68. The average molecular weight is 444 g/mol. The first kappa shape index (κ1) is 21.5. The van der Waals surface area contributed by atoms with Gasteiger partial charge in [-0.3, -0.25) is 9.36 Å². The quantitative estimate of drug-likeness (QED) is 0.438. The predicted octanol–water partition coefficient (Wildman–Crippen LogP) is 4.62. The van der Waals surface area contributed by atoms with Gasteiger partial charge >= 0.3 is 11.9 Å². The van der Waals surface area contributed by atoms with Crippen molar-refractivity contribution in [1.29, 1.82) is 0 Å². The van der Waals surface area contributed by atoms with E-state index in [1.165, 1.54) is 22.8 Å². The largest absolute Gasteiger partial charge is 0.416 e. The monoisotopic (exact) mass is 444 g/mol. The lowest BCUT2D eigenvalue weighted by Crippen LogP contribution is -2.35. The summed E-state index contributed by atoms with van der Waals surface area (Å²) in [5, 5.41) is 4.10. The zero-order valence-corrected chi connectivity index (χ0v) is 17.1. The fourth-order valence-corrected chi connectivity index (χ4v) is 3.40. The lowest BCUT2D eigenvalue weighted by Gasteiger charge is -2.07. The third-order valence-corrected chi connectivity index (χ3v) is 5.09. The summed E-state index contributed by atoms with van der Waals surface area (Å²) in [5.41, 5.74) is -0.837. The first-order chi connectivity index (χ1) is 15.3. The van der Waals surface area contributed by atoms with Gasteiger partial charge in [0.1, 0.15) is 0 Å². The number of halogens is 3. The summed E-state index contributed by atoms with van der Waals surface area (Å²) in [6.07, 6.45) is -1.88. The van der Waals surface area contributed by atoms with Crippen molar-refractivity contribution in [2.45, 2.75) is 38.9 Å². The van der Waals surface area contributed by atoms with Crippen molar-refractivity contribution in [1.82, 2.24) is 19.7 Å². The van der Waals surface area contributed by atoms with Crippen molar-refractivity contribution in [2.24, 2.45) is 0 Å². The van der Waals surface area contributed by atoms with Crippen LogP contribution in [0.1, 0.15) is 31.7 Å². The van der Waals surface area contributed by atoms with E-state index in [1.54, 1.807) is 12.1 Å². The van der Waals surface area contributed by atoms with Crippen LogP contribution in [-0.4, -0.2) is 19.7 Å². The lowest BCUT2D eigenvalue weighted by molar-refractivity contribution is -0.137. The van der Waals surface area contributed by atoms with Crippen LogP contribution < -0.4 is 11.2 Å². The highest BCUT2D eigenvalue weighted by atomic mass is 19.4. The molecule has 0 aliphatic rings. The fraction of sp³-hybridized carbons (Fsp3) is 0.273. The number of hydrogen-bond donors (Lipinski definition) is 1. The summed E-state index contributed by atoms with van der Waals surface area (Å²) in [6, 6.07) is 9.27. The topological polar surface area (TPSA) is 93.8 Å². The molecule has 0 amide bonds. The number of nitrogens with one attached hydrogen (secondary N) is 1. The maximum Gasteiger partial charge on any atom is 0.416 e. The number of aromatic nitrogens is 4. The SMILES string of the molecule is CCCCCn1c(=O)[nH]c2cc(-c3nc(-c4cccc(C(F)(F)F)c4)no3)ccc2c1=O. The van der Waals surface area contributed by atoms with E-state index < -0.39 is 17.4 Å². The maximum atomic E-state index is 13.0. The minimum absolute atomic E-state index is 0.00830. The van der Waals surface area contributed by atoms with Gasteiger partial charge in [0.25, 0.3) is 11.4 Å². The zero-order chi connectivity index (χ0) is 22.9. The maximum absolute atomic E-state index is 13.0. The van der Waals surface area contributed by atoms with Gasteiger partial charge in [-0.05, 0) is 36.8 Å². The molecular formula is C22H19F3N4O3. The Morgan fingerprint density at radius 1 is 1.06 bits per heavy atom. The van der Waals surface area contributed by atoms with Crippen molar-refractivity contribution in [3.05, 3.63) is 68.9 Å². The predicted molar refractivity (Wildman–Crippen MR) is 112 cm³/mol. The van der Waals surface area contributed by atoms with Gasteiger partial charge in [-0.15, -0.1) is 0 Å². The van der Waals surface area contributed by atoms with E-state index in [4.69, 9.17) is 4.52 Å². The molecular weight excluding hydrogens is 425 g/mol. The molecule has 4 aromatic rings. The van der Waals surface area contributed by atoms with Crippen LogP contribution in [0.4, 0.5) is 13.2 Å². The van der Waals surface area contributed by atoms with Gasteiger partial charge < -0.3 is 9.51 Å². The molecule has 0 unspecified atom stereocenters. The van der Waals surface area contributed by atoms with Crippen LogP contribution in [0.15, 0.2) is 56.6 Å². The molecule has 10 heteroatoms. The Labute approximate surface area is 179 Å². The second-order valence-electron chi connectivity index (χ2n) is 7.36. The molecule has 4 rings (SSSR count). The van der Waals surface area contributed by atoms with Gasteiger partial charge in [-0.25, -0.2) is 4.79 Å². The number of unbranched alkanes of at least 4 members (excludes halogenated alkanes) is 2. The molecule has 0 aliphatic carbocycles. The molecule has 0 radical (unpaired) electrons. The Bertz CT molecular complexity index is 1390. The lowest BCUT2D eigenvalue weighted by atomic mass is 10.1.